The summed E-state index contributed by atoms with van der Waals surface area (Å²) in [6, 6.07) is 49.1. The minimum atomic E-state index is 0.201. The fourth-order valence-electron chi connectivity index (χ4n) is 6.55. The van der Waals surface area contributed by atoms with Gasteiger partial charge in [-0.1, -0.05) is 115 Å². The third-order valence-electron chi connectivity index (χ3n) is 8.61. The zero-order valence-electron chi connectivity index (χ0n) is 23.5. The molecule has 9 rings (SSSR count). The van der Waals surface area contributed by atoms with E-state index in [0.29, 0.717) is 11.3 Å². The maximum atomic E-state index is 6.41. The van der Waals surface area contributed by atoms with Crippen molar-refractivity contribution in [2.45, 2.75) is 0 Å². The van der Waals surface area contributed by atoms with Crippen LogP contribution in [0.15, 0.2) is 144 Å². The summed E-state index contributed by atoms with van der Waals surface area (Å²) in [6.07, 6.45) is 0. The lowest BCUT2D eigenvalue weighted by Gasteiger charge is -2.12. The predicted octanol–water partition coefficient (Wildman–Crippen LogP) is 11.5. The fourth-order valence-corrected chi connectivity index (χ4v) is 6.72. The first-order valence-electron chi connectivity index (χ1n) is 14.6. The average Bonchev–Trinajstić information content (AvgIpc) is 3.46. The highest BCUT2D eigenvalue weighted by molar-refractivity contribution is 6.29. The first-order valence-corrected chi connectivity index (χ1v) is 15.0. The lowest BCUT2D eigenvalue weighted by molar-refractivity contribution is 0.667. The van der Waals surface area contributed by atoms with Gasteiger partial charge in [0, 0.05) is 10.9 Å². The number of hydrogen-bond donors (Lipinski definition) is 0. The molecule has 0 fully saturated rings. The molecular formula is C40H23ClN2O. The molecule has 2 heterocycles. The Kier molecular flexibility index (Phi) is 5.56. The summed E-state index contributed by atoms with van der Waals surface area (Å²) in [4.78, 5) is 9.04. The van der Waals surface area contributed by atoms with Crippen molar-refractivity contribution in [2.24, 2.45) is 0 Å². The smallest absolute Gasteiger partial charge is 0.223 e. The normalized spacial score (nSPS) is 11.8. The number of fused-ring (bicyclic) bond motifs is 9. The topological polar surface area (TPSA) is 38.9 Å². The van der Waals surface area contributed by atoms with E-state index in [4.69, 9.17) is 16.0 Å². The third-order valence-corrected chi connectivity index (χ3v) is 8.78. The molecule has 206 valence electrons. The van der Waals surface area contributed by atoms with Gasteiger partial charge in [0.05, 0.1) is 0 Å². The second-order valence-electron chi connectivity index (χ2n) is 11.1. The SMILES string of the molecule is Clc1nc(-c2ccccc2)c2oc3cc(-c4cccc(-c5ccc6c7ccccc7c7ccccc7c6c5)c4)ccc3c2n1. The van der Waals surface area contributed by atoms with E-state index in [1.54, 1.807) is 0 Å². The molecule has 0 saturated carbocycles. The highest BCUT2D eigenvalue weighted by Crippen LogP contribution is 2.39. The van der Waals surface area contributed by atoms with Crippen LogP contribution in [0.3, 0.4) is 0 Å². The fraction of sp³-hybridized carbons (Fsp3) is 0. The monoisotopic (exact) mass is 582 g/mol. The van der Waals surface area contributed by atoms with E-state index in [1.807, 2.05) is 30.3 Å². The number of hydrogen-bond acceptors (Lipinski definition) is 3. The summed E-state index contributed by atoms with van der Waals surface area (Å²) in [7, 11) is 0. The average molecular weight is 583 g/mol. The van der Waals surface area contributed by atoms with Gasteiger partial charge in [-0.2, -0.15) is 0 Å². The maximum absolute atomic E-state index is 6.41. The molecule has 0 spiro atoms. The highest BCUT2D eigenvalue weighted by atomic mass is 35.5. The standard InChI is InChI=1S/C40H23ClN2O/c41-40-42-37(24-9-2-1-3-10-24)39-38(43-40)34-20-18-28(23-36(34)44-39)26-12-8-11-25(21-26)27-17-19-33-31-15-5-4-13-29(31)30-14-6-7-16-32(30)35(33)22-27/h1-23H. The van der Waals surface area contributed by atoms with Crippen molar-refractivity contribution >= 4 is 66.0 Å². The van der Waals surface area contributed by atoms with E-state index < -0.39 is 0 Å². The molecule has 0 radical (unpaired) electrons. The molecule has 0 unspecified atom stereocenters. The molecular weight excluding hydrogens is 560 g/mol. The molecule has 0 saturated heterocycles. The largest absolute Gasteiger partial charge is 0.452 e. The van der Waals surface area contributed by atoms with Crippen LogP contribution in [-0.2, 0) is 0 Å². The van der Waals surface area contributed by atoms with Gasteiger partial charge in [0.2, 0.25) is 5.28 Å². The van der Waals surface area contributed by atoms with Crippen molar-refractivity contribution in [2.75, 3.05) is 0 Å². The van der Waals surface area contributed by atoms with Gasteiger partial charge in [0.25, 0.3) is 0 Å². The molecule has 4 heteroatoms. The second kappa shape index (κ2) is 9.77. The molecule has 0 amide bonds. The van der Waals surface area contributed by atoms with Crippen molar-refractivity contribution in [3.63, 3.8) is 0 Å². The van der Waals surface area contributed by atoms with Crippen LogP contribution in [0, 0.1) is 0 Å². The van der Waals surface area contributed by atoms with Gasteiger partial charge in [-0.05, 0) is 90.4 Å². The van der Waals surface area contributed by atoms with E-state index in [0.717, 1.165) is 38.7 Å². The Morgan fingerprint density at radius 3 is 1.61 bits per heavy atom. The van der Waals surface area contributed by atoms with Crippen LogP contribution in [0.25, 0.3) is 87.9 Å². The lowest BCUT2D eigenvalue weighted by Crippen LogP contribution is -1.88. The first kappa shape index (κ1) is 25.0. The molecule has 0 aliphatic heterocycles. The summed E-state index contributed by atoms with van der Waals surface area (Å²) >= 11 is 6.37. The lowest BCUT2D eigenvalue weighted by atomic mass is 9.91. The van der Waals surface area contributed by atoms with Crippen LogP contribution < -0.4 is 0 Å². The van der Waals surface area contributed by atoms with Crippen molar-refractivity contribution < 1.29 is 4.42 Å². The van der Waals surface area contributed by atoms with Crippen molar-refractivity contribution in [3.05, 3.63) is 145 Å². The summed E-state index contributed by atoms with van der Waals surface area (Å²) in [5.74, 6) is 0. The van der Waals surface area contributed by atoms with Crippen molar-refractivity contribution in [1.29, 1.82) is 0 Å². The van der Waals surface area contributed by atoms with Crippen LogP contribution in [0.1, 0.15) is 0 Å². The van der Waals surface area contributed by atoms with Crippen LogP contribution in [-0.4, -0.2) is 9.97 Å². The summed E-state index contributed by atoms with van der Waals surface area (Å²) in [6.45, 7) is 0. The Hall–Kier alpha value is -5.51. The molecule has 7 aromatic carbocycles. The molecule has 0 aliphatic rings. The van der Waals surface area contributed by atoms with Crippen molar-refractivity contribution in [3.8, 4) is 33.5 Å². The van der Waals surface area contributed by atoms with Crippen molar-refractivity contribution in [1.82, 2.24) is 9.97 Å². The minimum Gasteiger partial charge on any atom is -0.452 e. The molecule has 0 N–H and O–H groups in total. The minimum absolute atomic E-state index is 0.201. The van der Waals surface area contributed by atoms with Gasteiger partial charge in [0.1, 0.15) is 16.8 Å². The van der Waals surface area contributed by atoms with E-state index in [1.165, 1.54) is 37.9 Å². The van der Waals surface area contributed by atoms with Gasteiger partial charge in [-0.15, -0.1) is 0 Å². The number of rotatable bonds is 3. The van der Waals surface area contributed by atoms with Gasteiger partial charge >= 0.3 is 0 Å². The Bertz CT molecular complexity index is 2530. The van der Waals surface area contributed by atoms with Crippen LogP contribution in [0.4, 0.5) is 0 Å². The Morgan fingerprint density at radius 2 is 0.932 bits per heavy atom. The van der Waals surface area contributed by atoms with E-state index in [2.05, 4.69) is 119 Å². The number of halogens is 1. The zero-order valence-corrected chi connectivity index (χ0v) is 24.2. The third kappa shape index (κ3) is 3.90. The van der Waals surface area contributed by atoms with Crippen LogP contribution in [0.2, 0.25) is 5.28 Å². The van der Waals surface area contributed by atoms with E-state index in [9.17, 15) is 0 Å². The Labute approximate surface area is 258 Å². The Morgan fingerprint density at radius 1 is 0.409 bits per heavy atom. The van der Waals surface area contributed by atoms with Crippen LogP contribution >= 0.6 is 11.6 Å². The second-order valence-corrected chi connectivity index (χ2v) is 11.5. The molecule has 0 bridgehead atoms. The highest BCUT2D eigenvalue weighted by Gasteiger charge is 2.17. The first-order chi connectivity index (χ1) is 21.7. The molecule has 44 heavy (non-hydrogen) atoms. The molecule has 0 atom stereocenters. The van der Waals surface area contributed by atoms with Gasteiger partial charge in [-0.3, -0.25) is 0 Å². The van der Waals surface area contributed by atoms with Crippen LogP contribution in [0.5, 0.6) is 0 Å². The summed E-state index contributed by atoms with van der Waals surface area (Å²) in [5, 5.41) is 8.77. The predicted molar refractivity (Wildman–Crippen MR) is 183 cm³/mol. The molecule has 3 nitrogen and oxygen atoms in total. The molecule has 2 aromatic heterocycles. The summed E-state index contributed by atoms with van der Waals surface area (Å²) < 4.78 is 6.41. The Balaban J connectivity index is 1.18. The van der Waals surface area contributed by atoms with E-state index in [-0.39, 0.29) is 5.28 Å². The number of furan rings is 1. The number of aromatic nitrogens is 2. The molecule has 0 aliphatic carbocycles. The molecule has 9 aromatic rings. The summed E-state index contributed by atoms with van der Waals surface area (Å²) in [5.41, 5.74) is 8.25. The van der Waals surface area contributed by atoms with Gasteiger partial charge in [0.15, 0.2) is 5.58 Å². The van der Waals surface area contributed by atoms with Gasteiger partial charge < -0.3 is 4.42 Å². The van der Waals surface area contributed by atoms with Gasteiger partial charge in [-0.25, -0.2) is 9.97 Å². The maximum Gasteiger partial charge on any atom is 0.223 e. The van der Waals surface area contributed by atoms with E-state index >= 15 is 0 Å². The quantitative estimate of drug-likeness (QED) is 0.154. The zero-order chi connectivity index (χ0) is 29.2. The number of benzene rings is 7. The number of nitrogens with zero attached hydrogens (tertiary/aromatic N) is 2.